The van der Waals surface area contributed by atoms with Gasteiger partial charge in [0, 0.05) is 18.9 Å². The molecule has 0 amide bonds. The summed E-state index contributed by atoms with van der Waals surface area (Å²) in [4.78, 5) is 36.0. The lowest BCUT2D eigenvalue weighted by atomic mass is 10.1. The molecule has 0 aliphatic heterocycles. The topological polar surface area (TPSA) is 88.1 Å². The molecule has 0 heterocycles. The third-order valence-corrected chi connectivity index (χ3v) is 6.34. The van der Waals surface area contributed by atoms with Crippen LogP contribution in [0.4, 0.5) is 0 Å². The Labute approximate surface area is 236 Å². The summed E-state index contributed by atoms with van der Waals surface area (Å²) >= 11 is 0. The first-order chi connectivity index (χ1) is 19.5. The largest absolute Gasteiger partial charge is 0.494 e. The number of rotatable bonds is 16. The smallest absolute Gasteiger partial charge is 0.343 e. The number of ether oxygens (including phenoxy) is 4. The van der Waals surface area contributed by atoms with Gasteiger partial charge in [-0.1, -0.05) is 32.1 Å². The Morgan fingerprint density at radius 1 is 0.750 bits per heavy atom. The zero-order valence-corrected chi connectivity index (χ0v) is 23.2. The maximum absolute atomic E-state index is 12.6. The van der Waals surface area contributed by atoms with Gasteiger partial charge in [0.1, 0.15) is 17.3 Å². The first-order valence-electron chi connectivity index (χ1n) is 13.9. The zero-order chi connectivity index (χ0) is 28.6. The maximum atomic E-state index is 12.6. The second-order valence-electron chi connectivity index (χ2n) is 9.50. The fourth-order valence-corrected chi connectivity index (χ4v) is 3.98. The van der Waals surface area contributed by atoms with Crippen molar-refractivity contribution in [3.8, 4) is 5.75 Å². The van der Waals surface area contributed by atoms with E-state index in [2.05, 4.69) is 13.5 Å². The Morgan fingerprint density at radius 2 is 1.30 bits per heavy atom. The van der Waals surface area contributed by atoms with Crippen molar-refractivity contribution in [3.63, 3.8) is 0 Å². The van der Waals surface area contributed by atoms with Gasteiger partial charge in [0.15, 0.2) is 0 Å². The molecular weight excluding hydrogens is 508 g/mol. The van der Waals surface area contributed by atoms with Crippen molar-refractivity contribution in [2.75, 3.05) is 13.2 Å². The van der Waals surface area contributed by atoms with Crippen molar-refractivity contribution in [3.05, 3.63) is 102 Å². The minimum absolute atomic E-state index is 0.393. The van der Waals surface area contributed by atoms with Crippen molar-refractivity contribution >= 4 is 17.9 Å². The van der Waals surface area contributed by atoms with Gasteiger partial charge in [-0.2, -0.15) is 0 Å². The predicted molar refractivity (Wildman–Crippen MR) is 153 cm³/mol. The minimum Gasteiger partial charge on any atom is -0.494 e. The highest BCUT2D eigenvalue weighted by molar-refractivity contribution is 5.91. The van der Waals surface area contributed by atoms with Crippen molar-refractivity contribution in [1.29, 1.82) is 0 Å². The summed E-state index contributed by atoms with van der Waals surface area (Å²) < 4.78 is 21.7. The third kappa shape index (κ3) is 10.6. The number of carbonyl (C=O) groups is 3. The van der Waals surface area contributed by atoms with Crippen LogP contribution in [0.15, 0.2) is 84.9 Å². The lowest BCUT2D eigenvalue weighted by Gasteiger charge is -2.15. The van der Waals surface area contributed by atoms with E-state index in [1.807, 2.05) is 12.1 Å². The molecule has 212 valence electrons. The normalized spacial score (nSPS) is 12.5. The van der Waals surface area contributed by atoms with Crippen molar-refractivity contribution in [2.45, 2.75) is 64.7 Å². The van der Waals surface area contributed by atoms with Gasteiger partial charge in [0.25, 0.3) is 0 Å². The van der Waals surface area contributed by atoms with Crippen LogP contribution >= 0.6 is 0 Å². The van der Waals surface area contributed by atoms with Gasteiger partial charge in [-0.3, -0.25) is 0 Å². The highest BCUT2D eigenvalue weighted by atomic mass is 16.5. The van der Waals surface area contributed by atoms with E-state index in [1.54, 1.807) is 48.6 Å². The Bertz CT molecular complexity index is 1190. The SMILES string of the molecule is C=CC(=O)OCCCCCCOc1ccc(C(=O)OC2=CC=C(OC(=O)c3ccc(CCCC)cc3)CC2)cc1. The average Bonchev–Trinajstić information content (AvgIpc) is 2.98. The molecule has 3 rings (SSSR count). The molecule has 0 saturated carbocycles. The van der Waals surface area contributed by atoms with E-state index in [-0.39, 0.29) is 0 Å². The molecule has 0 bridgehead atoms. The van der Waals surface area contributed by atoms with Gasteiger partial charge < -0.3 is 18.9 Å². The standard InChI is InChI=1S/C33H38O7/c1-3-5-10-25-11-13-26(14-12-25)32(35)39-29-19-21-30(22-20-29)40-33(36)27-15-17-28(18-16-27)37-23-8-6-7-9-24-38-31(34)4-2/h4,11-19,21H,2-3,5-10,20,22-24H2,1H3. The van der Waals surface area contributed by atoms with Gasteiger partial charge in [-0.05, 0) is 92.6 Å². The molecule has 2 aromatic rings. The lowest BCUT2D eigenvalue weighted by molar-refractivity contribution is -0.137. The summed E-state index contributed by atoms with van der Waals surface area (Å²) in [6.45, 7) is 6.48. The minimum atomic E-state index is -0.452. The highest BCUT2D eigenvalue weighted by Gasteiger charge is 2.17. The number of unbranched alkanes of at least 4 members (excludes halogenated alkanes) is 4. The molecule has 2 aromatic carbocycles. The number of benzene rings is 2. The molecule has 0 unspecified atom stereocenters. The number of hydrogen-bond donors (Lipinski definition) is 0. The lowest BCUT2D eigenvalue weighted by Crippen LogP contribution is -2.10. The Hall–Kier alpha value is -4.13. The molecule has 0 spiro atoms. The quantitative estimate of drug-likeness (QED) is 0.0946. The van der Waals surface area contributed by atoms with Crippen LogP contribution in [0, 0.1) is 0 Å². The van der Waals surface area contributed by atoms with E-state index >= 15 is 0 Å². The fraction of sp³-hybridized carbons (Fsp3) is 0.364. The summed E-state index contributed by atoms with van der Waals surface area (Å²) in [5.41, 5.74) is 2.14. The first-order valence-corrected chi connectivity index (χ1v) is 13.9. The van der Waals surface area contributed by atoms with Gasteiger partial charge in [-0.25, -0.2) is 14.4 Å². The molecule has 0 fully saturated rings. The van der Waals surface area contributed by atoms with Crippen molar-refractivity contribution in [1.82, 2.24) is 0 Å². The predicted octanol–water partition coefficient (Wildman–Crippen LogP) is 7.27. The number of aryl methyl sites for hydroxylation is 1. The second kappa shape index (κ2) is 16.7. The molecular formula is C33H38O7. The molecule has 7 nitrogen and oxygen atoms in total. The molecule has 0 radical (unpaired) electrons. The van der Waals surface area contributed by atoms with E-state index < -0.39 is 17.9 Å². The van der Waals surface area contributed by atoms with Gasteiger partial charge in [0.2, 0.25) is 0 Å². The molecule has 1 aliphatic rings. The number of hydrogen-bond acceptors (Lipinski definition) is 7. The van der Waals surface area contributed by atoms with Gasteiger partial charge in [0.05, 0.1) is 24.3 Å². The maximum Gasteiger partial charge on any atom is 0.343 e. The van der Waals surface area contributed by atoms with E-state index in [0.717, 1.165) is 51.0 Å². The summed E-state index contributed by atoms with van der Waals surface area (Å²) in [5, 5.41) is 0. The zero-order valence-electron chi connectivity index (χ0n) is 23.2. The van der Waals surface area contributed by atoms with Crippen LogP contribution in [0.5, 0.6) is 5.75 Å². The molecule has 1 aliphatic carbocycles. The second-order valence-corrected chi connectivity index (χ2v) is 9.50. The first kappa shape index (κ1) is 30.4. The van der Waals surface area contributed by atoms with Crippen LogP contribution < -0.4 is 4.74 Å². The van der Waals surface area contributed by atoms with E-state index in [1.165, 1.54) is 5.56 Å². The monoisotopic (exact) mass is 546 g/mol. The third-order valence-electron chi connectivity index (χ3n) is 6.34. The van der Waals surface area contributed by atoms with Crippen molar-refractivity contribution < 1.29 is 33.3 Å². The Morgan fingerprint density at radius 3 is 1.82 bits per heavy atom. The highest BCUT2D eigenvalue weighted by Crippen LogP contribution is 2.23. The Balaban J connectivity index is 1.37. The fourth-order valence-electron chi connectivity index (χ4n) is 3.98. The van der Waals surface area contributed by atoms with Crippen LogP contribution in [0.1, 0.15) is 84.6 Å². The van der Waals surface area contributed by atoms with E-state index in [4.69, 9.17) is 18.9 Å². The summed E-state index contributed by atoms with van der Waals surface area (Å²) in [7, 11) is 0. The number of carbonyl (C=O) groups excluding carboxylic acids is 3. The van der Waals surface area contributed by atoms with Gasteiger partial charge >= 0.3 is 17.9 Å². The van der Waals surface area contributed by atoms with Crippen LogP contribution in [0.25, 0.3) is 0 Å². The molecule has 7 heteroatoms. The number of allylic oxidation sites excluding steroid dienone is 4. The average molecular weight is 547 g/mol. The molecule has 0 aromatic heterocycles. The summed E-state index contributed by atoms with van der Waals surface area (Å²) in [5.74, 6) is 0.498. The van der Waals surface area contributed by atoms with Crippen LogP contribution in [-0.2, 0) is 25.4 Å². The van der Waals surface area contributed by atoms with Gasteiger partial charge in [-0.15, -0.1) is 0 Å². The van der Waals surface area contributed by atoms with Crippen LogP contribution in [0.2, 0.25) is 0 Å². The summed E-state index contributed by atoms with van der Waals surface area (Å²) in [6, 6.07) is 14.4. The van der Waals surface area contributed by atoms with Crippen LogP contribution in [-0.4, -0.2) is 31.1 Å². The van der Waals surface area contributed by atoms with E-state index in [9.17, 15) is 14.4 Å². The van der Waals surface area contributed by atoms with E-state index in [0.29, 0.717) is 54.5 Å². The Kier molecular flexibility index (Phi) is 12.7. The summed E-state index contributed by atoms with van der Waals surface area (Å²) in [6.07, 6.45) is 12.3. The molecule has 40 heavy (non-hydrogen) atoms. The molecule has 0 saturated heterocycles. The van der Waals surface area contributed by atoms with Crippen molar-refractivity contribution in [2.24, 2.45) is 0 Å². The van der Waals surface area contributed by atoms with Crippen LogP contribution in [0.3, 0.4) is 0 Å². The molecule has 0 N–H and O–H groups in total. The molecule has 0 atom stereocenters. The number of esters is 3.